The van der Waals surface area contributed by atoms with Crippen molar-refractivity contribution in [1.82, 2.24) is 19.8 Å². The molecule has 6 nitrogen and oxygen atoms in total. The van der Waals surface area contributed by atoms with Crippen LogP contribution in [-0.4, -0.2) is 59.4 Å². The summed E-state index contributed by atoms with van der Waals surface area (Å²) in [6, 6.07) is 0. The number of hydrogen-bond acceptors (Lipinski definition) is 4. The zero-order chi connectivity index (χ0) is 16.1. The number of amides is 1. The van der Waals surface area contributed by atoms with Crippen molar-refractivity contribution < 1.29 is 4.79 Å². The lowest BCUT2D eigenvalue weighted by atomic mass is 9.48. The largest absolute Gasteiger partial charge is 0.337 e. The summed E-state index contributed by atoms with van der Waals surface area (Å²) in [5.74, 6) is 0.291. The zero-order valence-corrected chi connectivity index (χ0v) is 13.7. The third-order valence-corrected chi connectivity index (χ3v) is 5.27. The van der Waals surface area contributed by atoms with E-state index >= 15 is 0 Å². The van der Waals surface area contributed by atoms with Gasteiger partial charge in [0.05, 0.1) is 6.33 Å². The van der Waals surface area contributed by atoms with Crippen molar-refractivity contribution in [3.63, 3.8) is 0 Å². The minimum absolute atomic E-state index is 0.140. The Morgan fingerprint density at radius 3 is 2.82 bits per heavy atom. The number of carbonyl (C=O) groups is 1. The Hall–Kier alpha value is -1.69. The lowest BCUT2D eigenvalue weighted by Crippen LogP contribution is -2.57. The number of likely N-dealkylation sites (tertiary alicyclic amines) is 1. The first-order valence-electron chi connectivity index (χ1n) is 7.72. The van der Waals surface area contributed by atoms with E-state index in [1.807, 2.05) is 4.90 Å². The van der Waals surface area contributed by atoms with Gasteiger partial charge in [0.2, 0.25) is 0 Å². The number of nitrogens with one attached hydrogen (secondary N) is 1. The Bertz CT molecular complexity index is 648. The Labute approximate surface area is 130 Å². The first-order chi connectivity index (χ1) is 10.3. The summed E-state index contributed by atoms with van der Waals surface area (Å²) in [4.78, 5) is 34.9. The summed E-state index contributed by atoms with van der Waals surface area (Å²) in [5, 5.41) is 0. The molecule has 1 aromatic rings. The normalized spacial score (nSPS) is 29.3. The molecule has 2 heterocycles. The maximum atomic E-state index is 12.7. The van der Waals surface area contributed by atoms with Gasteiger partial charge in [-0.2, -0.15) is 0 Å². The number of rotatable bonds is 3. The van der Waals surface area contributed by atoms with Crippen molar-refractivity contribution in [2.24, 2.45) is 16.7 Å². The van der Waals surface area contributed by atoms with E-state index in [1.165, 1.54) is 12.5 Å². The molecule has 0 unspecified atom stereocenters. The third kappa shape index (κ3) is 2.26. The second-order valence-electron chi connectivity index (χ2n) is 7.80. The van der Waals surface area contributed by atoms with Crippen LogP contribution in [0.4, 0.5) is 0 Å². The van der Waals surface area contributed by atoms with E-state index in [0.29, 0.717) is 5.92 Å². The van der Waals surface area contributed by atoms with Gasteiger partial charge in [0.25, 0.3) is 11.5 Å². The highest BCUT2D eigenvalue weighted by Gasteiger charge is 2.63. The molecule has 1 saturated heterocycles. The summed E-state index contributed by atoms with van der Waals surface area (Å²) in [7, 11) is 4.15. The highest BCUT2D eigenvalue weighted by atomic mass is 16.2. The fourth-order valence-electron chi connectivity index (χ4n) is 4.79. The molecule has 0 aromatic carbocycles. The molecule has 1 aliphatic heterocycles. The van der Waals surface area contributed by atoms with E-state index in [1.54, 1.807) is 0 Å². The molecule has 0 radical (unpaired) electrons. The monoisotopic (exact) mass is 304 g/mol. The number of fused-ring (bicyclic) bond motifs is 1. The average Bonchev–Trinajstić information content (AvgIpc) is 2.72. The molecule has 22 heavy (non-hydrogen) atoms. The number of aromatic nitrogens is 2. The SMILES string of the molecule is CN(C)C[C@@]12CN(C(=O)c3cnc[nH]c3=O)C[C@@H]1C(C)(C)C2. The van der Waals surface area contributed by atoms with Crippen LogP contribution in [0.5, 0.6) is 0 Å². The van der Waals surface area contributed by atoms with Crippen LogP contribution in [0.3, 0.4) is 0 Å². The van der Waals surface area contributed by atoms with Crippen molar-refractivity contribution in [1.29, 1.82) is 0 Å². The van der Waals surface area contributed by atoms with Crippen LogP contribution >= 0.6 is 0 Å². The van der Waals surface area contributed by atoms with Crippen molar-refractivity contribution in [2.75, 3.05) is 33.7 Å². The standard InChI is InChI=1S/C16H24N4O2/c1-15(2)7-16(8-19(3)4)9-20(6-12(15)16)14(22)11-5-17-10-18-13(11)21/h5,10,12H,6-9H2,1-4H3,(H,17,18,21)/t12-,16+/m1/s1. The number of H-pyrrole nitrogens is 1. The van der Waals surface area contributed by atoms with Gasteiger partial charge >= 0.3 is 0 Å². The molecule has 1 aliphatic carbocycles. The molecule has 2 fully saturated rings. The van der Waals surface area contributed by atoms with Gasteiger partial charge in [0.1, 0.15) is 5.56 Å². The molecule has 1 aromatic heterocycles. The van der Waals surface area contributed by atoms with E-state index in [0.717, 1.165) is 26.1 Å². The van der Waals surface area contributed by atoms with Gasteiger partial charge in [0, 0.05) is 31.2 Å². The predicted octanol–water partition coefficient (Wildman–Crippen LogP) is 0.820. The van der Waals surface area contributed by atoms with Crippen molar-refractivity contribution in [3.8, 4) is 0 Å². The van der Waals surface area contributed by atoms with Gasteiger partial charge in [-0.25, -0.2) is 4.98 Å². The van der Waals surface area contributed by atoms with Crippen LogP contribution in [0.2, 0.25) is 0 Å². The molecule has 0 bridgehead atoms. The second kappa shape index (κ2) is 4.91. The van der Waals surface area contributed by atoms with Crippen molar-refractivity contribution in [2.45, 2.75) is 20.3 Å². The number of aromatic amines is 1. The number of carbonyl (C=O) groups excluding carboxylic acids is 1. The third-order valence-electron chi connectivity index (χ3n) is 5.27. The average molecular weight is 304 g/mol. The van der Waals surface area contributed by atoms with Crippen LogP contribution in [0.15, 0.2) is 17.3 Å². The summed E-state index contributed by atoms with van der Waals surface area (Å²) in [6.07, 6.45) is 3.80. The molecular formula is C16H24N4O2. The first kappa shape index (κ1) is 15.2. The number of hydrogen-bond donors (Lipinski definition) is 1. The van der Waals surface area contributed by atoms with E-state index in [2.05, 4.69) is 42.8 Å². The van der Waals surface area contributed by atoms with Crippen LogP contribution in [0.25, 0.3) is 0 Å². The van der Waals surface area contributed by atoms with Gasteiger partial charge in [-0.05, 0) is 31.8 Å². The molecule has 3 rings (SSSR count). The van der Waals surface area contributed by atoms with E-state index in [-0.39, 0.29) is 27.9 Å². The van der Waals surface area contributed by atoms with Gasteiger partial charge in [-0.15, -0.1) is 0 Å². The first-order valence-corrected chi connectivity index (χ1v) is 7.72. The van der Waals surface area contributed by atoms with E-state index in [4.69, 9.17) is 0 Å². The van der Waals surface area contributed by atoms with Crippen LogP contribution in [-0.2, 0) is 0 Å². The van der Waals surface area contributed by atoms with Gasteiger partial charge < -0.3 is 14.8 Å². The predicted molar refractivity (Wildman–Crippen MR) is 83.6 cm³/mol. The van der Waals surface area contributed by atoms with Crippen molar-refractivity contribution >= 4 is 5.91 Å². The Morgan fingerprint density at radius 1 is 1.50 bits per heavy atom. The summed E-state index contributed by atoms with van der Waals surface area (Å²) >= 11 is 0. The summed E-state index contributed by atoms with van der Waals surface area (Å²) in [6.45, 7) is 6.99. The minimum atomic E-state index is -0.361. The van der Waals surface area contributed by atoms with E-state index in [9.17, 15) is 9.59 Å². The van der Waals surface area contributed by atoms with Crippen LogP contribution in [0.1, 0.15) is 30.6 Å². The topological polar surface area (TPSA) is 69.3 Å². The molecule has 0 spiro atoms. The lowest BCUT2D eigenvalue weighted by molar-refractivity contribution is -0.0789. The Kier molecular flexibility index (Phi) is 3.40. The second-order valence-corrected chi connectivity index (χ2v) is 7.80. The maximum absolute atomic E-state index is 12.7. The lowest BCUT2D eigenvalue weighted by Gasteiger charge is -2.57. The zero-order valence-electron chi connectivity index (χ0n) is 13.7. The molecule has 2 atom stereocenters. The molecule has 1 amide bonds. The summed E-state index contributed by atoms with van der Waals surface area (Å²) in [5.41, 5.74) is 0.200. The molecule has 1 N–H and O–H groups in total. The van der Waals surface area contributed by atoms with Crippen molar-refractivity contribution in [3.05, 3.63) is 28.4 Å². The van der Waals surface area contributed by atoms with Gasteiger partial charge in [-0.1, -0.05) is 13.8 Å². The molecule has 120 valence electrons. The fraction of sp³-hybridized carbons (Fsp3) is 0.688. The van der Waals surface area contributed by atoms with Crippen LogP contribution < -0.4 is 5.56 Å². The van der Waals surface area contributed by atoms with E-state index < -0.39 is 0 Å². The van der Waals surface area contributed by atoms with Gasteiger partial charge in [-0.3, -0.25) is 9.59 Å². The highest BCUT2D eigenvalue weighted by molar-refractivity contribution is 5.93. The maximum Gasteiger partial charge on any atom is 0.263 e. The molecule has 6 heteroatoms. The molecular weight excluding hydrogens is 280 g/mol. The Balaban J connectivity index is 1.85. The quantitative estimate of drug-likeness (QED) is 0.897. The number of nitrogens with zero attached hydrogens (tertiary/aromatic N) is 3. The van der Waals surface area contributed by atoms with Gasteiger partial charge in [0.15, 0.2) is 0 Å². The summed E-state index contributed by atoms with van der Waals surface area (Å²) < 4.78 is 0. The smallest absolute Gasteiger partial charge is 0.263 e. The highest BCUT2D eigenvalue weighted by Crippen LogP contribution is 2.62. The minimum Gasteiger partial charge on any atom is -0.337 e. The molecule has 1 saturated carbocycles. The fourth-order valence-corrected chi connectivity index (χ4v) is 4.79. The van der Waals surface area contributed by atoms with Crippen LogP contribution in [0, 0.1) is 16.7 Å². The molecule has 2 aliphatic rings. The Morgan fingerprint density at radius 2 is 2.23 bits per heavy atom.